The molecule has 4 aromatic rings. The van der Waals surface area contributed by atoms with E-state index in [1.807, 2.05) is 39.2 Å². The first-order chi connectivity index (χ1) is 17.2. The van der Waals surface area contributed by atoms with Crippen LogP contribution in [0.15, 0.2) is 53.1 Å². The Morgan fingerprint density at radius 1 is 1.08 bits per heavy atom. The van der Waals surface area contributed by atoms with Gasteiger partial charge in [0.1, 0.15) is 17.1 Å². The summed E-state index contributed by atoms with van der Waals surface area (Å²) in [5.74, 6) is 1.39. The Bertz CT molecular complexity index is 1430. The molecule has 10 heteroatoms. The first kappa shape index (κ1) is 24.7. The highest BCUT2D eigenvalue weighted by molar-refractivity contribution is 6.07. The first-order valence-electron chi connectivity index (χ1n) is 11.3. The first-order valence-corrected chi connectivity index (χ1v) is 11.3. The minimum Gasteiger partial charge on any atom is -0.460 e. The second kappa shape index (κ2) is 10.4. The van der Waals surface area contributed by atoms with Gasteiger partial charge in [-0.25, -0.2) is 4.98 Å². The molecular weight excluding hydrogens is 460 g/mol. The molecule has 2 aromatic heterocycles. The van der Waals surface area contributed by atoms with E-state index in [2.05, 4.69) is 25.9 Å². The van der Waals surface area contributed by atoms with Gasteiger partial charge in [-0.05, 0) is 57.8 Å². The number of rotatable bonds is 8. The normalized spacial score (nSPS) is 10.9. The summed E-state index contributed by atoms with van der Waals surface area (Å²) in [6.45, 7) is 3.96. The number of fused-ring (bicyclic) bond motifs is 1. The lowest BCUT2D eigenvalue weighted by Gasteiger charge is -2.14. The molecule has 0 atom stereocenters. The maximum absolute atomic E-state index is 12.2. The standard InChI is InChI=1S/C26H28N6O4/c1-15-6-7-17(12-20(15)30-22(33)14-32(4)5)29-26-28-11-10-23(31-26)36-18-8-9-19-21(13-18)35-16(2)24(19)25(34)27-3/h6-13H,14H2,1-5H3,(H,27,34)(H,30,33)(H,28,29,31). The van der Waals surface area contributed by atoms with E-state index in [0.717, 1.165) is 5.56 Å². The molecule has 2 aromatic carbocycles. The number of nitrogens with one attached hydrogen (secondary N) is 3. The van der Waals surface area contributed by atoms with Crippen LogP contribution in [0.3, 0.4) is 0 Å². The molecule has 0 aliphatic carbocycles. The van der Waals surface area contributed by atoms with E-state index in [1.165, 1.54) is 0 Å². The fraction of sp³-hybridized carbons (Fsp3) is 0.231. The third-order valence-electron chi connectivity index (χ3n) is 5.37. The minimum absolute atomic E-state index is 0.0990. The highest BCUT2D eigenvalue weighted by Crippen LogP contribution is 2.31. The average molecular weight is 489 g/mol. The van der Waals surface area contributed by atoms with Crippen molar-refractivity contribution in [1.29, 1.82) is 0 Å². The number of nitrogens with zero attached hydrogens (tertiary/aromatic N) is 3. The highest BCUT2D eigenvalue weighted by Gasteiger charge is 2.18. The number of amides is 2. The predicted octanol–water partition coefficient (Wildman–Crippen LogP) is 4.24. The van der Waals surface area contributed by atoms with Crippen LogP contribution in [0.2, 0.25) is 0 Å². The summed E-state index contributed by atoms with van der Waals surface area (Å²) in [4.78, 5) is 34.8. The van der Waals surface area contributed by atoms with Gasteiger partial charge >= 0.3 is 0 Å². The van der Waals surface area contributed by atoms with Crippen molar-refractivity contribution in [3.63, 3.8) is 0 Å². The Morgan fingerprint density at radius 2 is 1.89 bits per heavy atom. The zero-order valence-electron chi connectivity index (χ0n) is 20.8. The van der Waals surface area contributed by atoms with E-state index in [9.17, 15) is 9.59 Å². The van der Waals surface area contributed by atoms with Crippen molar-refractivity contribution in [2.24, 2.45) is 0 Å². The topological polar surface area (TPSA) is 122 Å². The van der Waals surface area contributed by atoms with Gasteiger partial charge in [0.25, 0.3) is 5.91 Å². The molecule has 4 rings (SSSR count). The molecule has 0 bridgehead atoms. The van der Waals surface area contributed by atoms with Crippen molar-refractivity contribution in [2.75, 3.05) is 38.3 Å². The van der Waals surface area contributed by atoms with Gasteiger partial charge < -0.3 is 30.0 Å². The number of carbonyl (C=O) groups excluding carboxylic acids is 2. The number of hydrogen-bond acceptors (Lipinski definition) is 8. The Balaban J connectivity index is 1.50. The van der Waals surface area contributed by atoms with Gasteiger partial charge in [-0.3, -0.25) is 9.59 Å². The Hall–Kier alpha value is -4.44. The van der Waals surface area contributed by atoms with Crippen LogP contribution >= 0.6 is 0 Å². The van der Waals surface area contributed by atoms with Gasteiger partial charge in [0.15, 0.2) is 0 Å². The number of anilines is 3. The van der Waals surface area contributed by atoms with Gasteiger partial charge in [0.2, 0.25) is 17.7 Å². The molecular formula is C26H28N6O4. The molecule has 0 saturated heterocycles. The number of furan rings is 1. The van der Waals surface area contributed by atoms with E-state index < -0.39 is 0 Å². The van der Waals surface area contributed by atoms with Crippen LogP contribution in [-0.4, -0.2) is 54.4 Å². The lowest BCUT2D eigenvalue weighted by Crippen LogP contribution is -2.27. The molecule has 0 radical (unpaired) electrons. The number of likely N-dealkylation sites (N-methyl/N-ethyl adjacent to an activating group) is 1. The van der Waals surface area contributed by atoms with E-state index >= 15 is 0 Å². The largest absolute Gasteiger partial charge is 0.460 e. The maximum atomic E-state index is 12.2. The fourth-order valence-electron chi connectivity index (χ4n) is 3.69. The van der Waals surface area contributed by atoms with E-state index in [1.54, 1.807) is 49.3 Å². The van der Waals surface area contributed by atoms with Crippen LogP contribution in [0.4, 0.5) is 17.3 Å². The van der Waals surface area contributed by atoms with Crippen LogP contribution in [0.25, 0.3) is 11.0 Å². The molecule has 3 N–H and O–H groups in total. The summed E-state index contributed by atoms with van der Waals surface area (Å²) >= 11 is 0. The molecule has 0 unspecified atom stereocenters. The molecule has 2 heterocycles. The molecule has 2 amide bonds. The van der Waals surface area contributed by atoms with Crippen LogP contribution in [-0.2, 0) is 4.79 Å². The van der Waals surface area contributed by atoms with Crippen molar-refractivity contribution < 1.29 is 18.7 Å². The molecule has 0 saturated carbocycles. The summed E-state index contributed by atoms with van der Waals surface area (Å²) in [5, 5.41) is 9.40. The lowest BCUT2D eigenvalue weighted by molar-refractivity contribution is -0.116. The molecule has 0 aliphatic rings. The van der Waals surface area contributed by atoms with Gasteiger partial charge in [-0.2, -0.15) is 4.98 Å². The fourth-order valence-corrected chi connectivity index (χ4v) is 3.69. The Morgan fingerprint density at radius 3 is 2.64 bits per heavy atom. The lowest BCUT2D eigenvalue weighted by atomic mass is 10.1. The van der Waals surface area contributed by atoms with Crippen LogP contribution in [0.1, 0.15) is 21.7 Å². The van der Waals surface area contributed by atoms with Crippen molar-refractivity contribution in [3.8, 4) is 11.6 Å². The SMILES string of the molecule is CNC(=O)c1c(C)oc2cc(Oc3ccnc(Nc4ccc(C)c(NC(=O)CN(C)C)c4)n3)ccc12. The zero-order valence-corrected chi connectivity index (χ0v) is 20.8. The smallest absolute Gasteiger partial charge is 0.255 e. The Kier molecular flexibility index (Phi) is 7.16. The van der Waals surface area contributed by atoms with E-state index in [4.69, 9.17) is 9.15 Å². The average Bonchev–Trinajstić information content (AvgIpc) is 3.15. The monoisotopic (exact) mass is 488 g/mol. The van der Waals surface area contributed by atoms with Crippen molar-refractivity contribution in [2.45, 2.75) is 13.8 Å². The van der Waals surface area contributed by atoms with Crippen molar-refractivity contribution in [1.82, 2.24) is 20.2 Å². The summed E-state index contributed by atoms with van der Waals surface area (Å²) in [5.41, 5.74) is 3.40. The van der Waals surface area contributed by atoms with E-state index in [-0.39, 0.29) is 18.4 Å². The van der Waals surface area contributed by atoms with Crippen molar-refractivity contribution >= 4 is 40.1 Å². The van der Waals surface area contributed by atoms with E-state index in [0.29, 0.717) is 51.2 Å². The molecule has 0 fully saturated rings. The second-order valence-electron chi connectivity index (χ2n) is 8.53. The maximum Gasteiger partial charge on any atom is 0.255 e. The van der Waals surface area contributed by atoms with Crippen LogP contribution < -0.4 is 20.7 Å². The number of hydrogen-bond donors (Lipinski definition) is 3. The molecule has 36 heavy (non-hydrogen) atoms. The summed E-state index contributed by atoms with van der Waals surface area (Å²) in [6.07, 6.45) is 1.58. The number of carbonyl (C=O) groups is 2. The Labute approximate surface area is 208 Å². The number of aromatic nitrogens is 2. The molecule has 0 aliphatic heterocycles. The number of aryl methyl sites for hydroxylation is 2. The number of ether oxygens (including phenoxy) is 1. The predicted molar refractivity (Wildman–Crippen MR) is 138 cm³/mol. The third-order valence-corrected chi connectivity index (χ3v) is 5.37. The highest BCUT2D eigenvalue weighted by atomic mass is 16.5. The molecule has 0 spiro atoms. The molecule has 186 valence electrons. The summed E-state index contributed by atoms with van der Waals surface area (Å²) in [6, 6.07) is 12.5. The minimum atomic E-state index is -0.206. The van der Waals surface area contributed by atoms with Gasteiger partial charge in [0.05, 0.1) is 12.1 Å². The third kappa shape index (κ3) is 5.61. The van der Waals surface area contributed by atoms with Crippen LogP contribution in [0.5, 0.6) is 11.6 Å². The van der Waals surface area contributed by atoms with Gasteiger partial charge in [-0.1, -0.05) is 6.07 Å². The molecule has 10 nitrogen and oxygen atoms in total. The summed E-state index contributed by atoms with van der Waals surface area (Å²) < 4.78 is 11.7. The van der Waals surface area contributed by atoms with Crippen LogP contribution in [0, 0.1) is 13.8 Å². The summed E-state index contributed by atoms with van der Waals surface area (Å²) in [7, 11) is 5.26. The second-order valence-corrected chi connectivity index (χ2v) is 8.53. The van der Waals surface area contributed by atoms with Gasteiger partial charge in [-0.15, -0.1) is 0 Å². The quantitative estimate of drug-likeness (QED) is 0.337. The van der Waals surface area contributed by atoms with Crippen molar-refractivity contribution in [3.05, 3.63) is 65.5 Å². The zero-order chi connectivity index (χ0) is 25.8. The van der Waals surface area contributed by atoms with Gasteiger partial charge in [0, 0.05) is 42.1 Å². The number of benzene rings is 2.